The minimum atomic E-state index is -0.204. The molecule has 0 saturated carbocycles. The first-order chi connectivity index (χ1) is 10.2. The first-order valence-electron chi connectivity index (χ1n) is 6.91. The van der Waals surface area contributed by atoms with Crippen LogP contribution in [0, 0.1) is 5.82 Å². The van der Waals surface area contributed by atoms with Crippen molar-refractivity contribution in [3.63, 3.8) is 0 Å². The summed E-state index contributed by atoms with van der Waals surface area (Å²) in [5.41, 5.74) is 6.49. The molecule has 0 aliphatic carbocycles. The average Bonchev–Trinajstić information content (AvgIpc) is 2.47. The first-order valence-corrected chi connectivity index (χ1v) is 7.72. The smallest absolute Gasteiger partial charge is 0.124 e. The van der Waals surface area contributed by atoms with Crippen molar-refractivity contribution in [3.8, 4) is 0 Å². The molecule has 0 heterocycles. The van der Waals surface area contributed by atoms with E-state index in [0.717, 1.165) is 15.4 Å². The molecule has 0 aromatic heterocycles. The van der Waals surface area contributed by atoms with Crippen LogP contribution in [0.3, 0.4) is 0 Å². The molecule has 1 nitrogen and oxygen atoms in total. The van der Waals surface area contributed by atoms with E-state index < -0.39 is 0 Å². The van der Waals surface area contributed by atoms with Crippen LogP contribution >= 0.6 is 11.8 Å². The fraction of sp³-hybridized carbons (Fsp3) is 0.111. The Morgan fingerprint density at radius 3 is 2.48 bits per heavy atom. The van der Waals surface area contributed by atoms with Gasteiger partial charge in [0.15, 0.2) is 0 Å². The van der Waals surface area contributed by atoms with Gasteiger partial charge in [0.1, 0.15) is 5.82 Å². The zero-order chi connectivity index (χ0) is 14.7. The van der Waals surface area contributed by atoms with Gasteiger partial charge in [0.2, 0.25) is 0 Å². The summed E-state index contributed by atoms with van der Waals surface area (Å²) in [5.74, 6) is -0.204. The van der Waals surface area contributed by atoms with Crippen LogP contribution in [0.15, 0.2) is 70.5 Å². The largest absolute Gasteiger partial charge is 0.330 e. The lowest BCUT2D eigenvalue weighted by Crippen LogP contribution is -2.02. The normalized spacial score (nSPS) is 11.0. The lowest BCUT2D eigenvalue weighted by atomic mass is 10.1. The Balaban J connectivity index is 1.90. The quantitative estimate of drug-likeness (QED) is 0.759. The summed E-state index contributed by atoms with van der Waals surface area (Å²) in [4.78, 5) is 2.02. The van der Waals surface area contributed by atoms with Crippen molar-refractivity contribution in [2.45, 2.75) is 16.2 Å². The Hall–Kier alpha value is -1.84. The monoisotopic (exact) mass is 297 g/mol. The van der Waals surface area contributed by atoms with E-state index in [4.69, 9.17) is 5.73 Å². The van der Waals surface area contributed by atoms with Gasteiger partial charge in [0.05, 0.1) is 0 Å². The maximum absolute atomic E-state index is 13.7. The van der Waals surface area contributed by atoms with Gasteiger partial charge in [-0.3, -0.25) is 0 Å². The molecular weight excluding hydrogens is 281 g/mol. The minimum absolute atomic E-state index is 0.204. The van der Waals surface area contributed by atoms with Crippen LogP contribution in [0.4, 0.5) is 4.39 Å². The molecule has 0 saturated heterocycles. The van der Waals surface area contributed by atoms with E-state index >= 15 is 0 Å². The molecule has 0 amide bonds. The van der Waals surface area contributed by atoms with Gasteiger partial charge in [0.25, 0.3) is 0 Å². The van der Waals surface area contributed by atoms with Crippen LogP contribution in [-0.4, -0.2) is 6.54 Å². The zero-order valence-corrected chi connectivity index (χ0v) is 12.4. The fourth-order valence-electron chi connectivity index (χ4n) is 2.36. The standard InChI is InChI=1S/C18H16FNS/c19-16-9-13(7-8-20)10-18(12-16)21-17-6-5-14-3-1-2-4-15(14)11-17/h1-6,9-12H,7-8,20H2. The second kappa shape index (κ2) is 6.29. The van der Waals surface area contributed by atoms with E-state index in [1.165, 1.54) is 10.8 Å². The van der Waals surface area contributed by atoms with Gasteiger partial charge in [-0.05, 0) is 59.6 Å². The summed E-state index contributed by atoms with van der Waals surface area (Å²) in [6.07, 6.45) is 0.697. The maximum atomic E-state index is 13.7. The molecule has 3 rings (SSSR count). The van der Waals surface area contributed by atoms with Gasteiger partial charge in [-0.2, -0.15) is 0 Å². The van der Waals surface area contributed by atoms with Crippen LogP contribution in [0.25, 0.3) is 10.8 Å². The number of halogens is 1. The number of hydrogen-bond donors (Lipinski definition) is 1. The molecule has 0 aliphatic heterocycles. The molecule has 0 radical (unpaired) electrons. The molecule has 0 fully saturated rings. The Bertz CT molecular complexity index is 770. The molecule has 0 aliphatic rings. The highest BCUT2D eigenvalue weighted by molar-refractivity contribution is 7.99. The van der Waals surface area contributed by atoms with Crippen LogP contribution in [0.2, 0.25) is 0 Å². The molecule has 3 aromatic carbocycles. The molecule has 21 heavy (non-hydrogen) atoms. The van der Waals surface area contributed by atoms with Gasteiger partial charge in [-0.15, -0.1) is 0 Å². The second-order valence-electron chi connectivity index (χ2n) is 4.94. The minimum Gasteiger partial charge on any atom is -0.330 e. The van der Waals surface area contributed by atoms with Crippen molar-refractivity contribution in [3.05, 3.63) is 72.0 Å². The topological polar surface area (TPSA) is 26.0 Å². The molecule has 106 valence electrons. The highest BCUT2D eigenvalue weighted by Crippen LogP contribution is 2.31. The summed E-state index contributed by atoms with van der Waals surface area (Å²) < 4.78 is 13.7. The zero-order valence-electron chi connectivity index (χ0n) is 11.6. The number of hydrogen-bond acceptors (Lipinski definition) is 2. The molecule has 3 heteroatoms. The number of fused-ring (bicyclic) bond motifs is 1. The first kappa shape index (κ1) is 14.1. The highest BCUT2D eigenvalue weighted by Gasteiger charge is 2.04. The third-order valence-corrected chi connectivity index (χ3v) is 4.28. The van der Waals surface area contributed by atoms with Crippen molar-refractivity contribution in [2.24, 2.45) is 5.73 Å². The Labute approximate surface area is 128 Å². The van der Waals surface area contributed by atoms with Gasteiger partial charge in [-0.25, -0.2) is 4.39 Å². The van der Waals surface area contributed by atoms with Crippen molar-refractivity contribution in [2.75, 3.05) is 6.54 Å². The van der Waals surface area contributed by atoms with Crippen LogP contribution in [0.1, 0.15) is 5.56 Å². The van der Waals surface area contributed by atoms with E-state index in [1.807, 2.05) is 18.2 Å². The van der Waals surface area contributed by atoms with Crippen molar-refractivity contribution in [1.29, 1.82) is 0 Å². The molecule has 3 aromatic rings. The molecule has 0 bridgehead atoms. The van der Waals surface area contributed by atoms with Crippen LogP contribution in [0.5, 0.6) is 0 Å². The third kappa shape index (κ3) is 3.43. The Morgan fingerprint density at radius 1 is 0.857 bits per heavy atom. The molecule has 2 N–H and O–H groups in total. The molecule has 0 unspecified atom stereocenters. The fourth-order valence-corrected chi connectivity index (χ4v) is 3.33. The van der Waals surface area contributed by atoms with Gasteiger partial charge in [0, 0.05) is 9.79 Å². The van der Waals surface area contributed by atoms with E-state index in [9.17, 15) is 4.39 Å². The number of rotatable bonds is 4. The molecular formula is C18H16FNS. The summed E-state index contributed by atoms with van der Waals surface area (Å²) in [6.45, 7) is 0.531. The SMILES string of the molecule is NCCc1cc(F)cc(Sc2ccc3ccccc3c2)c1. The number of benzene rings is 3. The van der Waals surface area contributed by atoms with Crippen molar-refractivity contribution >= 4 is 22.5 Å². The molecule has 0 spiro atoms. The van der Waals surface area contributed by atoms with Crippen LogP contribution in [-0.2, 0) is 6.42 Å². The predicted molar refractivity (Wildman–Crippen MR) is 87.2 cm³/mol. The number of nitrogens with two attached hydrogens (primary N) is 1. The van der Waals surface area contributed by atoms with E-state index in [2.05, 4.69) is 30.3 Å². The summed E-state index contributed by atoms with van der Waals surface area (Å²) in [7, 11) is 0. The average molecular weight is 297 g/mol. The van der Waals surface area contributed by atoms with Gasteiger partial charge in [-0.1, -0.05) is 42.1 Å². The van der Waals surface area contributed by atoms with Crippen molar-refractivity contribution < 1.29 is 4.39 Å². The lowest BCUT2D eigenvalue weighted by molar-refractivity contribution is 0.621. The third-order valence-electron chi connectivity index (χ3n) is 3.32. The summed E-state index contributed by atoms with van der Waals surface area (Å²) in [6, 6.07) is 19.7. The van der Waals surface area contributed by atoms with Crippen molar-refractivity contribution in [1.82, 2.24) is 0 Å². The van der Waals surface area contributed by atoms with E-state index in [0.29, 0.717) is 13.0 Å². The highest BCUT2D eigenvalue weighted by atomic mass is 32.2. The second-order valence-corrected chi connectivity index (χ2v) is 6.09. The van der Waals surface area contributed by atoms with Gasteiger partial charge < -0.3 is 5.73 Å². The lowest BCUT2D eigenvalue weighted by Gasteiger charge is -2.06. The Kier molecular flexibility index (Phi) is 4.23. The van der Waals surface area contributed by atoms with Crippen LogP contribution < -0.4 is 5.73 Å². The van der Waals surface area contributed by atoms with E-state index in [1.54, 1.807) is 23.9 Å². The maximum Gasteiger partial charge on any atom is 0.124 e. The predicted octanol–water partition coefficient (Wildman–Crippen LogP) is 4.63. The summed E-state index contributed by atoms with van der Waals surface area (Å²) in [5, 5.41) is 2.41. The molecule has 0 atom stereocenters. The van der Waals surface area contributed by atoms with Gasteiger partial charge >= 0.3 is 0 Å². The van der Waals surface area contributed by atoms with E-state index in [-0.39, 0.29) is 5.82 Å². The Morgan fingerprint density at radius 2 is 1.67 bits per heavy atom. The summed E-state index contributed by atoms with van der Waals surface area (Å²) >= 11 is 1.58.